The number of hydrogen-bond donors (Lipinski definition) is 2. The molecule has 0 fully saturated rings. The zero-order valence-electron chi connectivity index (χ0n) is 12.8. The second-order valence-electron chi connectivity index (χ2n) is 5.57. The molecule has 0 aliphatic carbocycles. The molecule has 3 aromatic rings. The molecule has 2 aromatic heterocycles. The number of carbonyl (C=O) groups is 1. The van der Waals surface area contributed by atoms with Gasteiger partial charge in [0.15, 0.2) is 5.13 Å². The van der Waals surface area contributed by atoms with E-state index in [4.69, 9.17) is 11.6 Å². The zero-order valence-corrected chi connectivity index (χ0v) is 14.4. The molecule has 0 spiro atoms. The minimum atomic E-state index is -0.411. The van der Waals surface area contributed by atoms with Crippen LogP contribution in [0.4, 0.5) is 20.9 Å². The number of carbonyl (C=O) groups excluding carboxylic acids is 1. The molecule has 0 radical (unpaired) electrons. The molecule has 1 aliphatic rings. The quantitative estimate of drug-likeness (QED) is 0.656. The van der Waals surface area contributed by atoms with Crippen LogP contribution in [0.2, 0.25) is 5.15 Å². The van der Waals surface area contributed by atoms with E-state index in [9.17, 15) is 9.18 Å². The van der Waals surface area contributed by atoms with Gasteiger partial charge in [0.05, 0.1) is 17.6 Å². The van der Waals surface area contributed by atoms with Gasteiger partial charge in [-0.3, -0.25) is 4.79 Å². The van der Waals surface area contributed by atoms with Crippen molar-refractivity contribution < 1.29 is 9.18 Å². The Morgan fingerprint density at radius 3 is 2.96 bits per heavy atom. The molecule has 0 bridgehead atoms. The fourth-order valence-electron chi connectivity index (χ4n) is 2.63. The van der Waals surface area contributed by atoms with E-state index in [1.54, 1.807) is 29.8 Å². The number of nitrogens with one attached hydrogen (secondary N) is 2. The van der Waals surface area contributed by atoms with Gasteiger partial charge in [-0.05, 0) is 36.2 Å². The van der Waals surface area contributed by atoms with Crippen LogP contribution in [0.3, 0.4) is 0 Å². The molecular weight excluding hydrogens is 363 g/mol. The molecule has 0 saturated carbocycles. The monoisotopic (exact) mass is 374 g/mol. The molecule has 8 heteroatoms. The molecule has 5 nitrogen and oxygen atoms in total. The van der Waals surface area contributed by atoms with Gasteiger partial charge in [-0.15, -0.1) is 11.3 Å². The summed E-state index contributed by atoms with van der Waals surface area (Å²) in [5, 5.41) is 8.64. The highest BCUT2D eigenvalue weighted by Crippen LogP contribution is 2.33. The van der Waals surface area contributed by atoms with Crippen molar-refractivity contribution in [3.8, 4) is 11.3 Å². The van der Waals surface area contributed by atoms with Crippen molar-refractivity contribution in [2.24, 2.45) is 0 Å². The van der Waals surface area contributed by atoms with Crippen molar-refractivity contribution in [2.75, 3.05) is 10.6 Å². The molecule has 4 rings (SSSR count). The van der Waals surface area contributed by atoms with Crippen molar-refractivity contribution in [3.05, 3.63) is 52.4 Å². The maximum atomic E-state index is 14.4. The Balaban J connectivity index is 1.61. The molecule has 25 heavy (non-hydrogen) atoms. The Bertz CT molecular complexity index is 958. The third kappa shape index (κ3) is 3.33. The number of amides is 1. The Morgan fingerprint density at radius 1 is 1.28 bits per heavy atom. The summed E-state index contributed by atoms with van der Waals surface area (Å²) < 4.78 is 14.4. The molecule has 126 valence electrons. The van der Waals surface area contributed by atoms with Crippen molar-refractivity contribution in [1.82, 2.24) is 9.97 Å². The van der Waals surface area contributed by atoms with E-state index in [-0.39, 0.29) is 5.91 Å². The van der Waals surface area contributed by atoms with Gasteiger partial charge in [-0.2, -0.15) is 0 Å². The fourth-order valence-corrected chi connectivity index (χ4v) is 3.47. The summed E-state index contributed by atoms with van der Waals surface area (Å²) in [7, 11) is 0. The van der Waals surface area contributed by atoms with Crippen LogP contribution >= 0.6 is 22.9 Å². The molecule has 2 N–H and O–H groups in total. The summed E-state index contributed by atoms with van der Waals surface area (Å²) in [6.07, 6.45) is 2.61. The van der Waals surface area contributed by atoms with Crippen LogP contribution in [0.5, 0.6) is 0 Å². The minimum absolute atomic E-state index is 0.0867. The first-order valence-electron chi connectivity index (χ1n) is 7.55. The largest absolute Gasteiger partial charge is 0.330 e. The number of anilines is 3. The van der Waals surface area contributed by atoms with Gasteiger partial charge in [0.1, 0.15) is 11.0 Å². The minimum Gasteiger partial charge on any atom is -0.330 e. The number of benzene rings is 1. The summed E-state index contributed by atoms with van der Waals surface area (Å²) in [5.74, 6) is -0.498. The molecule has 3 heterocycles. The Labute approximate surface area is 151 Å². The summed E-state index contributed by atoms with van der Waals surface area (Å²) >= 11 is 7.13. The van der Waals surface area contributed by atoms with Crippen molar-refractivity contribution in [1.29, 1.82) is 0 Å². The number of aryl methyl sites for hydroxylation is 1. The zero-order chi connectivity index (χ0) is 17.4. The van der Waals surface area contributed by atoms with Crippen molar-refractivity contribution in [2.45, 2.75) is 12.8 Å². The first-order chi connectivity index (χ1) is 12.1. The van der Waals surface area contributed by atoms with Crippen molar-refractivity contribution in [3.63, 3.8) is 0 Å². The predicted octanol–water partition coefficient (Wildman–Crippen LogP) is 4.63. The molecular formula is C17H12ClFN4OS. The average Bonchev–Trinajstić information content (AvgIpc) is 3.04. The number of nitrogens with zero attached hydrogens (tertiary/aromatic N) is 2. The standard InChI is InChI=1S/C17H12ClFN4OS/c18-15-3-2-10(7-20-15)21-17-23-14(8-25-17)11-5-9-1-4-16(24)22-13(9)6-12(11)19/h2-3,5-8H,1,4H2,(H,21,23)(H,22,24). The topological polar surface area (TPSA) is 66.9 Å². The third-order valence-corrected chi connectivity index (χ3v) is 4.83. The summed E-state index contributed by atoms with van der Waals surface area (Å²) in [5.41, 5.74) is 3.18. The maximum absolute atomic E-state index is 14.4. The first kappa shape index (κ1) is 16.0. The number of hydrogen-bond acceptors (Lipinski definition) is 5. The van der Waals surface area contributed by atoms with Gasteiger partial charge in [-0.1, -0.05) is 11.6 Å². The van der Waals surface area contributed by atoms with Crippen molar-refractivity contribution >= 4 is 45.4 Å². The molecule has 0 unspecified atom stereocenters. The molecule has 0 saturated heterocycles. The fraction of sp³-hybridized carbons (Fsp3) is 0.118. The van der Waals surface area contributed by atoms with E-state index in [2.05, 4.69) is 20.6 Å². The number of thiazole rings is 1. The number of aromatic nitrogens is 2. The molecule has 1 aromatic carbocycles. The van der Waals surface area contributed by atoms with E-state index >= 15 is 0 Å². The lowest BCUT2D eigenvalue weighted by Crippen LogP contribution is -2.19. The first-order valence-corrected chi connectivity index (χ1v) is 8.81. The number of rotatable bonds is 3. The van der Waals surface area contributed by atoms with Gasteiger partial charge in [0.25, 0.3) is 0 Å². The van der Waals surface area contributed by atoms with Gasteiger partial charge in [-0.25, -0.2) is 14.4 Å². The van der Waals surface area contributed by atoms with E-state index in [1.165, 1.54) is 17.4 Å². The summed E-state index contributed by atoms with van der Waals surface area (Å²) in [6.45, 7) is 0. The highest BCUT2D eigenvalue weighted by atomic mass is 35.5. The lowest BCUT2D eigenvalue weighted by molar-refractivity contribution is -0.116. The van der Waals surface area contributed by atoms with E-state index in [0.717, 1.165) is 11.3 Å². The Hall–Kier alpha value is -2.51. The van der Waals surface area contributed by atoms with E-state index in [0.29, 0.717) is 40.1 Å². The van der Waals surface area contributed by atoms with E-state index in [1.807, 2.05) is 0 Å². The van der Waals surface area contributed by atoms with E-state index < -0.39 is 5.82 Å². The van der Waals surface area contributed by atoms with Gasteiger partial charge < -0.3 is 10.6 Å². The van der Waals surface area contributed by atoms with Crippen LogP contribution in [0, 0.1) is 5.82 Å². The van der Waals surface area contributed by atoms with Gasteiger partial charge >= 0.3 is 0 Å². The highest BCUT2D eigenvalue weighted by Gasteiger charge is 2.19. The summed E-state index contributed by atoms with van der Waals surface area (Å²) in [6, 6.07) is 6.58. The smallest absolute Gasteiger partial charge is 0.224 e. The highest BCUT2D eigenvalue weighted by molar-refractivity contribution is 7.14. The lowest BCUT2D eigenvalue weighted by Gasteiger charge is -2.17. The molecule has 0 atom stereocenters. The van der Waals surface area contributed by atoms with Crippen LogP contribution in [0.25, 0.3) is 11.3 Å². The normalized spacial score (nSPS) is 13.3. The van der Waals surface area contributed by atoms with Crippen LogP contribution in [-0.2, 0) is 11.2 Å². The van der Waals surface area contributed by atoms with Gasteiger partial charge in [0.2, 0.25) is 5.91 Å². The maximum Gasteiger partial charge on any atom is 0.224 e. The van der Waals surface area contributed by atoms with Gasteiger partial charge in [0, 0.05) is 23.1 Å². The summed E-state index contributed by atoms with van der Waals surface area (Å²) in [4.78, 5) is 19.9. The van der Waals surface area contributed by atoms with Crippen LogP contribution < -0.4 is 10.6 Å². The SMILES string of the molecule is O=C1CCc2cc(-c3csc(Nc4ccc(Cl)nc4)n3)c(F)cc2N1. The number of pyridine rings is 1. The second kappa shape index (κ2) is 6.42. The molecule has 1 aliphatic heterocycles. The van der Waals surface area contributed by atoms with Crippen LogP contribution in [0.15, 0.2) is 35.8 Å². The third-order valence-electron chi connectivity index (χ3n) is 3.85. The van der Waals surface area contributed by atoms with Crippen LogP contribution in [0.1, 0.15) is 12.0 Å². The number of fused-ring (bicyclic) bond motifs is 1. The van der Waals surface area contributed by atoms with Crippen LogP contribution in [-0.4, -0.2) is 15.9 Å². The Kier molecular flexibility index (Phi) is 4.10. The predicted molar refractivity (Wildman–Crippen MR) is 97.0 cm³/mol. The Morgan fingerprint density at radius 2 is 2.16 bits per heavy atom. The lowest BCUT2D eigenvalue weighted by atomic mass is 9.99. The number of halogens is 2. The molecule has 1 amide bonds. The average molecular weight is 375 g/mol. The second-order valence-corrected chi connectivity index (χ2v) is 6.82.